The molecule has 1 aromatic carbocycles. The van der Waals surface area contributed by atoms with Crippen LogP contribution in [0.1, 0.15) is 24.3 Å². The average molecular weight is 426 g/mol. The molecule has 0 saturated carbocycles. The van der Waals surface area contributed by atoms with Crippen molar-refractivity contribution in [3.05, 3.63) is 50.6 Å². The van der Waals surface area contributed by atoms with Gasteiger partial charge in [-0.05, 0) is 35.8 Å². The van der Waals surface area contributed by atoms with Crippen molar-refractivity contribution < 1.29 is 18.4 Å². The average Bonchev–Trinajstić information content (AvgIpc) is 3.14. The number of rotatable bonds is 4. The third-order valence-electron chi connectivity index (χ3n) is 3.43. The lowest BCUT2D eigenvalue weighted by Crippen LogP contribution is -2.17. The molecular formula is C16H13BrFN3O3S. The number of ether oxygens (including phenoxy) is 1. The molecule has 0 unspecified atom stereocenters. The standard InChI is InChI=1S/C16H13BrFN3O3S/c1-8-13(14(24-21-8)12-7-25-15(17)19-12)20-16(22)23-9(2)10-5-3-4-6-11(10)18/h3-7,9H,1-2H3,(H,20,22)/t9-/m1/s1. The summed E-state index contributed by atoms with van der Waals surface area (Å²) in [4.78, 5) is 16.4. The summed E-state index contributed by atoms with van der Waals surface area (Å²) >= 11 is 4.65. The number of carbonyl (C=O) groups excluding carboxylic acids is 1. The van der Waals surface area contributed by atoms with E-state index in [-0.39, 0.29) is 0 Å². The van der Waals surface area contributed by atoms with Crippen molar-refractivity contribution >= 4 is 39.0 Å². The van der Waals surface area contributed by atoms with Crippen molar-refractivity contribution in [1.82, 2.24) is 10.1 Å². The summed E-state index contributed by atoms with van der Waals surface area (Å²) in [6.07, 6.45) is -1.49. The Kier molecular flexibility index (Phi) is 5.14. The minimum absolute atomic E-state index is 0.295. The van der Waals surface area contributed by atoms with Gasteiger partial charge >= 0.3 is 6.09 Å². The number of hydrogen-bond donors (Lipinski definition) is 1. The molecular weight excluding hydrogens is 413 g/mol. The molecule has 0 bridgehead atoms. The Morgan fingerprint density at radius 3 is 2.88 bits per heavy atom. The Morgan fingerprint density at radius 2 is 2.20 bits per heavy atom. The highest BCUT2D eigenvalue weighted by atomic mass is 79.9. The summed E-state index contributed by atoms with van der Waals surface area (Å²) in [6, 6.07) is 6.13. The third-order valence-corrected chi connectivity index (χ3v) is 4.79. The highest BCUT2D eigenvalue weighted by Crippen LogP contribution is 2.33. The van der Waals surface area contributed by atoms with Gasteiger partial charge in [0.15, 0.2) is 3.92 Å². The van der Waals surface area contributed by atoms with Crippen molar-refractivity contribution in [1.29, 1.82) is 0 Å². The van der Waals surface area contributed by atoms with E-state index in [9.17, 15) is 9.18 Å². The van der Waals surface area contributed by atoms with Crippen molar-refractivity contribution in [3.63, 3.8) is 0 Å². The maximum Gasteiger partial charge on any atom is 0.412 e. The molecule has 0 aliphatic heterocycles. The first kappa shape index (κ1) is 17.6. The molecule has 1 N–H and O–H groups in total. The lowest BCUT2D eigenvalue weighted by molar-refractivity contribution is 0.119. The number of carbonyl (C=O) groups is 1. The number of halogens is 2. The van der Waals surface area contributed by atoms with Gasteiger partial charge in [-0.3, -0.25) is 5.32 Å². The first-order valence-electron chi connectivity index (χ1n) is 7.25. The Bertz CT molecular complexity index is 912. The summed E-state index contributed by atoms with van der Waals surface area (Å²) in [6.45, 7) is 3.28. The molecule has 6 nitrogen and oxygen atoms in total. The summed E-state index contributed by atoms with van der Waals surface area (Å²) in [5.41, 5.74) is 1.68. The number of hydrogen-bond acceptors (Lipinski definition) is 6. The zero-order chi connectivity index (χ0) is 18.0. The summed E-state index contributed by atoms with van der Waals surface area (Å²) in [7, 11) is 0. The molecule has 2 heterocycles. The predicted molar refractivity (Wildman–Crippen MR) is 95.0 cm³/mol. The van der Waals surface area contributed by atoms with Crippen molar-refractivity contribution in [2.75, 3.05) is 5.32 Å². The maximum atomic E-state index is 13.8. The summed E-state index contributed by atoms with van der Waals surface area (Å²) < 4.78 is 25.0. The molecule has 1 atom stereocenters. The number of anilines is 1. The van der Waals surface area contributed by atoms with E-state index >= 15 is 0 Å². The number of amides is 1. The lowest BCUT2D eigenvalue weighted by Gasteiger charge is -2.14. The Labute approximate surface area is 155 Å². The topological polar surface area (TPSA) is 77.3 Å². The molecule has 9 heteroatoms. The van der Waals surface area contributed by atoms with Crippen LogP contribution < -0.4 is 5.32 Å². The number of aromatic nitrogens is 2. The minimum atomic E-state index is -0.752. The molecule has 0 aliphatic rings. The van der Waals surface area contributed by atoms with E-state index in [4.69, 9.17) is 9.26 Å². The predicted octanol–water partition coefficient (Wildman–Crippen LogP) is 5.32. The second kappa shape index (κ2) is 7.32. The van der Waals surface area contributed by atoms with Gasteiger partial charge in [-0.15, -0.1) is 11.3 Å². The second-order valence-corrected chi connectivity index (χ2v) is 7.29. The van der Waals surface area contributed by atoms with Crippen LogP contribution >= 0.6 is 27.3 Å². The van der Waals surface area contributed by atoms with E-state index in [0.29, 0.717) is 32.3 Å². The van der Waals surface area contributed by atoms with Crippen molar-refractivity contribution in [2.24, 2.45) is 0 Å². The van der Waals surface area contributed by atoms with Crippen LogP contribution in [0.2, 0.25) is 0 Å². The van der Waals surface area contributed by atoms with Crippen LogP contribution in [0.4, 0.5) is 14.9 Å². The van der Waals surface area contributed by atoms with Crippen LogP contribution in [-0.2, 0) is 4.74 Å². The van der Waals surface area contributed by atoms with E-state index in [0.717, 1.165) is 0 Å². The smallest absolute Gasteiger partial charge is 0.412 e. The zero-order valence-electron chi connectivity index (χ0n) is 13.2. The van der Waals surface area contributed by atoms with Gasteiger partial charge < -0.3 is 9.26 Å². The molecule has 0 aliphatic carbocycles. The molecule has 0 spiro atoms. The van der Waals surface area contributed by atoms with Crippen LogP contribution in [0, 0.1) is 12.7 Å². The second-order valence-electron chi connectivity index (χ2n) is 5.15. The van der Waals surface area contributed by atoms with E-state index in [1.54, 1.807) is 37.4 Å². The molecule has 130 valence electrons. The molecule has 1 amide bonds. The number of benzene rings is 1. The Hall–Kier alpha value is -2.26. The van der Waals surface area contributed by atoms with E-state index < -0.39 is 18.0 Å². The third kappa shape index (κ3) is 3.88. The molecule has 3 aromatic rings. The van der Waals surface area contributed by atoms with Crippen LogP contribution in [-0.4, -0.2) is 16.2 Å². The zero-order valence-corrected chi connectivity index (χ0v) is 15.6. The highest BCUT2D eigenvalue weighted by molar-refractivity contribution is 9.11. The number of nitrogens with one attached hydrogen (secondary N) is 1. The molecule has 25 heavy (non-hydrogen) atoms. The molecule has 2 aromatic heterocycles. The molecule has 0 fully saturated rings. The number of thiazole rings is 1. The fourth-order valence-corrected chi connectivity index (χ4v) is 3.20. The molecule has 0 radical (unpaired) electrons. The van der Waals surface area contributed by atoms with E-state index in [1.807, 2.05) is 0 Å². The Morgan fingerprint density at radius 1 is 1.44 bits per heavy atom. The van der Waals surface area contributed by atoms with Gasteiger partial charge in [-0.2, -0.15) is 0 Å². The van der Waals surface area contributed by atoms with Gasteiger partial charge in [0.05, 0.1) is 0 Å². The normalized spacial score (nSPS) is 12.0. The molecule has 3 rings (SSSR count). The van der Waals surface area contributed by atoms with E-state index in [2.05, 4.69) is 31.4 Å². The first-order valence-corrected chi connectivity index (χ1v) is 8.92. The number of aryl methyl sites for hydroxylation is 1. The minimum Gasteiger partial charge on any atom is -0.441 e. The summed E-state index contributed by atoms with van der Waals surface area (Å²) in [5, 5.41) is 8.21. The van der Waals surface area contributed by atoms with Crippen molar-refractivity contribution in [3.8, 4) is 11.5 Å². The fraction of sp³-hybridized carbons (Fsp3) is 0.188. The fourth-order valence-electron chi connectivity index (χ4n) is 2.21. The van der Waals surface area contributed by atoms with Crippen LogP contribution in [0.3, 0.4) is 0 Å². The lowest BCUT2D eigenvalue weighted by atomic mass is 10.1. The van der Waals surface area contributed by atoms with Gasteiger partial charge in [0.1, 0.15) is 29.0 Å². The SMILES string of the molecule is Cc1noc(-c2csc(Br)n2)c1NC(=O)O[C@H](C)c1ccccc1F. The van der Waals surface area contributed by atoms with Crippen LogP contribution in [0.5, 0.6) is 0 Å². The summed E-state index contributed by atoms with van der Waals surface area (Å²) in [5.74, 6) is -0.105. The van der Waals surface area contributed by atoms with Gasteiger partial charge in [0.2, 0.25) is 5.76 Å². The van der Waals surface area contributed by atoms with Gasteiger partial charge in [0, 0.05) is 10.9 Å². The van der Waals surface area contributed by atoms with Gasteiger partial charge in [0.25, 0.3) is 0 Å². The van der Waals surface area contributed by atoms with Crippen LogP contribution in [0.25, 0.3) is 11.5 Å². The monoisotopic (exact) mass is 425 g/mol. The number of nitrogens with zero attached hydrogens (tertiary/aromatic N) is 2. The van der Waals surface area contributed by atoms with Gasteiger partial charge in [-0.1, -0.05) is 23.4 Å². The molecule has 0 saturated heterocycles. The largest absolute Gasteiger partial charge is 0.441 e. The maximum absolute atomic E-state index is 13.8. The van der Waals surface area contributed by atoms with E-state index in [1.165, 1.54) is 17.4 Å². The van der Waals surface area contributed by atoms with Gasteiger partial charge in [-0.25, -0.2) is 14.2 Å². The van der Waals surface area contributed by atoms with Crippen molar-refractivity contribution in [2.45, 2.75) is 20.0 Å². The highest BCUT2D eigenvalue weighted by Gasteiger charge is 2.22. The quantitative estimate of drug-likeness (QED) is 0.611. The first-order chi connectivity index (χ1) is 12.0. The van der Waals surface area contributed by atoms with Crippen LogP contribution in [0.15, 0.2) is 38.1 Å². The Balaban J connectivity index is 1.76.